The molecule has 1 amide bonds. The number of H-pyrrole nitrogens is 1. The molecule has 0 unspecified atom stereocenters. The fourth-order valence-electron chi connectivity index (χ4n) is 2.39. The van der Waals surface area contributed by atoms with Crippen LogP contribution in [-0.2, 0) is 0 Å². The number of ether oxygens (including phenoxy) is 2. The van der Waals surface area contributed by atoms with Crippen LogP contribution < -0.4 is 25.4 Å². The molecule has 4 N–H and O–H groups in total. The fourth-order valence-corrected chi connectivity index (χ4v) is 2.86. The number of hydrogen-bond acceptors (Lipinski definition) is 6. The van der Waals surface area contributed by atoms with Crippen molar-refractivity contribution < 1.29 is 14.3 Å². The van der Waals surface area contributed by atoms with Gasteiger partial charge in [0, 0.05) is 17.4 Å². The molecule has 1 heterocycles. The van der Waals surface area contributed by atoms with Crippen LogP contribution in [0.1, 0.15) is 10.5 Å². The van der Waals surface area contributed by atoms with Gasteiger partial charge in [-0.3, -0.25) is 9.89 Å². The first kappa shape index (κ1) is 20.4. The highest BCUT2D eigenvalue weighted by atomic mass is 35.5. The third kappa shape index (κ3) is 5.12. The molecule has 0 aliphatic heterocycles. The Morgan fingerprint density at radius 1 is 1.03 bits per heavy atom. The van der Waals surface area contributed by atoms with Crippen LogP contribution in [0.5, 0.6) is 11.5 Å². The number of benzene rings is 2. The molecule has 2 aromatic carbocycles. The number of aromatic nitrogens is 3. The van der Waals surface area contributed by atoms with Crippen LogP contribution in [0.4, 0.5) is 17.1 Å². The minimum Gasteiger partial charge on any atom is -0.495 e. The maximum atomic E-state index is 12.0. The van der Waals surface area contributed by atoms with Gasteiger partial charge in [-0.25, -0.2) is 0 Å². The van der Waals surface area contributed by atoms with E-state index in [4.69, 9.17) is 33.3 Å². The Morgan fingerprint density at radius 2 is 1.69 bits per heavy atom. The average molecular weight is 433 g/mol. The SMILES string of the molecule is COc1cc(OC)c(NC(=S)Nc2ccc(NC(=O)c3c[nH]nn3)cc2)cc1Cl. The number of nitrogens with one attached hydrogen (secondary N) is 4. The zero-order chi connectivity index (χ0) is 20.8. The Hall–Kier alpha value is -3.37. The van der Waals surface area contributed by atoms with Crippen molar-refractivity contribution in [2.24, 2.45) is 0 Å². The van der Waals surface area contributed by atoms with E-state index in [1.54, 1.807) is 36.4 Å². The number of thiocarbonyl (C=S) groups is 1. The lowest BCUT2D eigenvalue weighted by molar-refractivity contribution is 0.102. The molecule has 0 spiro atoms. The molecular weight excluding hydrogens is 416 g/mol. The van der Waals surface area contributed by atoms with Crippen LogP contribution >= 0.6 is 23.8 Å². The molecule has 0 fully saturated rings. The molecule has 1 aromatic heterocycles. The van der Waals surface area contributed by atoms with Gasteiger partial charge in [0.25, 0.3) is 5.91 Å². The van der Waals surface area contributed by atoms with Gasteiger partial charge in [0.1, 0.15) is 11.5 Å². The van der Waals surface area contributed by atoms with Crippen LogP contribution in [0.3, 0.4) is 0 Å². The summed E-state index contributed by atoms with van der Waals surface area (Å²) in [4.78, 5) is 12.0. The summed E-state index contributed by atoms with van der Waals surface area (Å²) in [6.07, 6.45) is 1.41. The second-order valence-corrected chi connectivity index (χ2v) is 6.47. The first-order chi connectivity index (χ1) is 14.0. The quantitative estimate of drug-likeness (QED) is 0.437. The Balaban J connectivity index is 1.62. The molecule has 3 rings (SSSR count). The molecule has 0 atom stereocenters. The summed E-state index contributed by atoms with van der Waals surface area (Å²) in [5.74, 6) is 0.664. The summed E-state index contributed by atoms with van der Waals surface area (Å²) in [6, 6.07) is 10.3. The highest BCUT2D eigenvalue weighted by molar-refractivity contribution is 7.80. The van der Waals surface area contributed by atoms with Crippen molar-refractivity contribution >= 4 is 51.9 Å². The molecule has 0 bridgehead atoms. The number of nitrogens with zero attached hydrogens (tertiary/aromatic N) is 2. The summed E-state index contributed by atoms with van der Waals surface area (Å²) in [7, 11) is 3.06. The number of hydrogen-bond donors (Lipinski definition) is 4. The highest BCUT2D eigenvalue weighted by Gasteiger charge is 2.12. The number of aromatic amines is 1. The van der Waals surface area contributed by atoms with E-state index in [9.17, 15) is 4.79 Å². The van der Waals surface area contributed by atoms with Gasteiger partial charge in [-0.2, -0.15) is 0 Å². The van der Waals surface area contributed by atoms with Crippen molar-refractivity contribution in [3.8, 4) is 11.5 Å². The predicted octanol–water partition coefficient (Wildman–Crippen LogP) is 3.54. The van der Waals surface area contributed by atoms with Crippen LogP contribution in [0.2, 0.25) is 5.02 Å². The summed E-state index contributed by atoms with van der Waals surface area (Å²) >= 11 is 11.5. The molecule has 0 aliphatic carbocycles. The predicted molar refractivity (Wildman–Crippen MR) is 115 cm³/mol. The lowest BCUT2D eigenvalue weighted by atomic mass is 10.2. The third-order valence-electron chi connectivity index (χ3n) is 3.77. The van der Waals surface area contributed by atoms with Crippen LogP contribution in [0.25, 0.3) is 0 Å². The van der Waals surface area contributed by atoms with Crippen LogP contribution in [0.15, 0.2) is 42.6 Å². The number of halogens is 1. The van der Waals surface area contributed by atoms with E-state index >= 15 is 0 Å². The number of carbonyl (C=O) groups is 1. The lowest BCUT2D eigenvalue weighted by Gasteiger charge is -2.15. The Kier molecular flexibility index (Phi) is 6.47. The maximum Gasteiger partial charge on any atom is 0.277 e. The fraction of sp³-hybridized carbons (Fsp3) is 0.111. The Labute approximate surface area is 176 Å². The molecular formula is C18H17ClN6O3S. The van der Waals surface area contributed by atoms with E-state index in [-0.39, 0.29) is 11.6 Å². The summed E-state index contributed by atoms with van der Waals surface area (Å²) in [5, 5.41) is 19.2. The number of rotatable bonds is 6. The van der Waals surface area contributed by atoms with Crippen molar-refractivity contribution in [1.29, 1.82) is 0 Å². The van der Waals surface area contributed by atoms with Gasteiger partial charge in [0.05, 0.1) is 31.1 Å². The minimum absolute atomic E-state index is 0.199. The zero-order valence-electron chi connectivity index (χ0n) is 15.4. The normalized spacial score (nSPS) is 10.2. The first-order valence-corrected chi connectivity index (χ1v) is 9.06. The first-order valence-electron chi connectivity index (χ1n) is 8.27. The molecule has 11 heteroatoms. The molecule has 0 aliphatic rings. The molecule has 0 saturated heterocycles. The largest absolute Gasteiger partial charge is 0.495 e. The lowest BCUT2D eigenvalue weighted by Crippen LogP contribution is -2.19. The van der Waals surface area contributed by atoms with Crippen molar-refractivity contribution in [3.05, 3.63) is 53.3 Å². The van der Waals surface area contributed by atoms with Gasteiger partial charge in [-0.05, 0) is 42.5 Å². The highest BCUT2D eigenvalue weighted by Crippen LogP contribution is 2.35. The molecule has 29 heavy (non-hydrogen) atoms. The maximum absolute atomic E-state index is 12.0. The second kappa shape index (κ2) is 9.22. The van der Waals surface area contributed by atoms with Gasteiger partial charge < -0.3 is 25.4 Å². The average Bonchev–Trinajstić information content (AvgIpc) is 3.25. The van der Waals surface area contributed by atoms with E-state index in [1.165, 1.54) is 20.4 Å². The topological polar surface area (TPSA) is 113 Å². The van der Waals surface area contributed by atoms with E-state index < -0.39 is 0 Å². The summed E-state index contributed by atoms with van der Waals surface area (Å²) in [5.41, 5.74) is 2.11. The standard InChI is InChI=1S/C18H17ClN6O3S/c1-27-15-8-16(28-2)13(7-12(15)19)23-18(29)22-11-5-3-10(4-6-11)21-17(26)14-9-20-25-24-14/h3-9H,1-2H3,(H,21,26)(H,20,24,25)(H2,22,23,29). The van der Waals surface area contributed by atoms with Gasteiger partial charge in [-0.15, -0.1) is 5.10 Å². The van der Waals surface area contributed by atoms with Gasteiger partial charge in [0.15, 0.2) is 10.8 Å². The molecule has 0 saturated carbocycles. The van der Waals surface area contributed by atoms with Gasteiger partial charge in [-0.1, -0.05) is 16.8 Å². The van der Waals surface area contributed by atoms with Crippen molar-refractivity contribution in [3.63, 3.8) is 0 Å². The van der Waals surface area contributed by atoms with Crippen LogP contribution in [-0.4, -0.2) is 40.6 Å². The minimum atomic E-state index is -0.361. The van der Waals surface area contributed by atoms with E-state index in [2.05, 4.69) is 31.4 Å². The monoisotopic (exact) mass is 432 g/mol. The van der Waals surface area contributed by atoms with E-state index in [0.717, 1.165) is 5.69 Å². The zero-order valence-corrected chi connectivity index (χ0v) is 17.0. The number of amides is 1. The van der Waals surface area contributed by atoms with Crippen molar-refractivity contribution in [2.75, 3.05) is 30.2 Å². The van der Waals surface area contributed by atoms with Crippen molar-refractivity contribution in [1.82, 2.24) is 15.4 Å². The molecule has 9 nitrogen and oxygen atoms in total. The Bertz CT molecular complexity index is 1010. The Morgan fingerprint density at radius 3 is 2.28 bits per heavy atom. The number of methoxy groups -OCH3 is 2. The summed E-state index contributed by atoms with van der Waals surface area (Å²) in [6.45, 7) is 0. The second-order valence-electron chi connectivity index (χ2n) is 5.66. The number of anilines is 3. The van der Waals surface area contributed by atoms with Crippen LogP contribution in [0, 0.1) is 0 Å². The smallest absolute Gasteiger partial charge is 0.277 e. The summed E-state index contributed by atoms with van der Waals surface area (Å²) < 4.78 is 10.5. The van der Waals surface area contributed by atoms with Gasteiger partial charge in [0.2, 0.25) is 0 Å². The molecule has 3 aromatic rings. The molecule has 150 valence electrons. The van der Waals surface area contributed by atoms with E-state index in [1.807, 2.05) is 0 Å². The van der Waals surface area contributed by atoms with Crippen molar-refractivity contribution in [2.45, 2.75) is 0 Å². The third-order valence-corrected chi connectivity index (χ3v) is 4.27. The van der Waals surface area contributed by atoms with E-state index in [0.29, 0.717) is 33.0 Å². The van der Waals surface area contributed by atoms with Gasteiger partial charge >= 0.3 is 0 Å². The molecule has 0 radical (unpaired) electrons. The number of carbonyl (C=O) groups excluding carboxylic acids is 1.